The SMILES string of the molecule is O=C(OC1(C2CCCC2)CCCCC1)C1CC2C=CC1C2. The van der Waals surface area contributed by atoms with Crippen LogP contribution in [0.25, 0.3) is 0 Å². The molecule has 4 aliphatic carbocycles. The van der Waals surface area contributed by atoms with Gasteiger partial charge in [0.2, 0.25) is 0 Å². The number of rotatable bonds is 3. The highest BCUT2D eigenvalue weighted by atomic mass is 16.6. The first kappa shape index (κ1) is 13.8. The third-order valence-corrected chi connectivity index (χ3v) is 6.68. The van der Waals surface area contributed by atoms with Crippen molar-refractivity contribution in [3.63, 3.8) is 0 Å². The minimum atomic E-state index is -0.0859. The summed E-state index contributed by atoms with van der Waals surface area (Å²) in [7, 11) is 0. The zero-order chi connectivity index (χ0) is 14.3. The molecule has 0 saturated heterocycles. The Morgan fingerprint density at radius 3 is 2.33 bits per heavy atom. The molecule has 3 atom stereocenters. The first-order valence-corrected chi connectivity index (χ1v) is 9.18. The third kappa shape index (κ3) is 2.45. The van der Waals surface area contributed by atoms with Gasteiger partial charge in [0.05, 0.1) is 5.92 Å². The van der Waals surface area contributed by atoms with Gasteiger partial charge in [-0.25, -0.2) is 0 Å². The van der Waals surface area contributed by atoms with Crippen LogP contribution in [-0.2, 0) is 9.53 Å². The molecule has 4 aliphatic rings. The zero-order valence-electron chi connectivity index (χ0n) is 13.1. The van der Waals surface area contributed by atoms with E-state index in [1.165, 1.54) is 51.4 Å². The van der Waals surface area contributed by atoms with E-state index in [0.717, 1.165) is 19.3 Å². The fraction of sp³-hybridized carbons (Fsp3) is 0.842. The average molecular weight is 288 g/mol. The van der Waals surface area contributed by atoms with Crippen molar-refractivity contribution in [3.05, 3.63) is 12.2 Å². The van der Waals surface area contributed by atoms with Crippen molar-refractivity contribution in [1.29, 1.82) is 0 Å². The molecule has 3 fully saturated rings. The molecule has 0 aromatic carbocycles. The summed E-state index contributed by atoms with van der Waals surface area (Å²) in [4.78, 5) is 12.8. The number of hydrogen-bond donors (Lipinski definition) is 0. The summed E-state index contributed by atoms with van der Waals surface area (Å²) in [6.07, 6.45) is 18.1. The lowest BCUT2D eigenvalue weighted by Gasteiger charge is -2.42. The fourth-order valence-corrected chi connectivity index (χ4v) is 5.52. The largest absolute Gasteiger partial charge is 0.459 e. The van der Waals surface area contributed by atoms with Crippen molar-refractivity contribution < 1.29 is 9.53 Å². The van der Waals surface area contributed by atoms with Crippen LogP contribution in [0.5, 0.6) is 0 Å². The van der Waals surface area contributed by atoms with Gasteiger partial charge in [0, 0.05) is 0 Å². The van der Waals surface area contributed by atoms with E-state index >= 15 is 0 Å². The Hall–Kier alpha value is -0.790. The summed E-state index contributed by atoms with van der Waals surface area (Å²) < 4.78 is 6.33. The van der Waals surface area contributed by atoms with Crippen LogP contribution in [0, 0.1) is 23.7 Å². The number of esters is 1. The van der Waals surface area contributed by atoms with Gasteiger partial charge in [0.15, 0.2) is 0 Å². The van der Waals surface area contributed by atoms with E-state index in [9.17, 15) is 4.79 Å². The smallest absolute Gasteiger partial charge is 0.310 e. The fourth-order valence-electron chi connectivity index (χ4n) is 5.52. The second-order valence-electron chi connectivity index (χ2n) is 7.91. The molecule has 0 radical (unpaired) electrons. The van der Waals surface area contributed by atoms with E-state index in [-0.39, 0.29) is 17.5 Å². The highest BCUT2D eigenvalue weighted by Gasteiger charge is 2.47. The number of allylic oxidation sites excluding steroid dienone is 2. The first-order chi connectivity index (χ1) is 10.3. The Bertz CT molecular complexity index is 427. The van der Waals surface area contributed by atoms with Crippen LogP contribution in [-0.4, -0.2) is 11.6 Å². The van der Waals surface area contributed by atoms with Crippen LogP contribution < -0.4 is 0 Å². The molecule has 2 bridgehead atoms. The van der Waals surface area contributed by atoms with E-state index in [0.29, 0.717) is 17.8 Å². The summed E-state index contributed by atoms with van der Waals surface area (Å²) in [6.45, 7) is 0. The van der Waals surface area contributed by atoms with Gasteiger partial charge in [-0.2, -0.15) is 0 Å². The molecule has 21 heavy (non-hydrogen) atoms. The number of carbonyl (C=O) groups excluding carboxylic acids is 1. The second-order valence-corrected chi connectivity index (χ2v) is 7.91. The van der Waals surface area contributed by atoms with Crippen molar-refractivity contribution in [2.45, 2.75) is 76.2 Å². The van der Waals surface area contributed by atoms with E-state index in [2.05, 4.69) is 12.2 Å². The molecule has 0 amide bonds. The van der Waals surface area contributed by atoms with E-state index in [1.807, 2.05) is 0 Å². The highest BCUT2D eigenvalue weighted by molar-refractivity contribution is 5.74. The summed E-state index contributed by atoms with van der Waals surface area (Å²) in [5, 5.41) is 0. The molecule has 0 aliphatic heterocycles. The standard InChI is InChI=1S/C19H28O2/c20-18(17-13-14-8-9-15(17)12-14)21-19(10-4-1-5-11-19)16-6-2-3-7-16/h8-9,14-17H,1-7,10-13H2. The van der Waals surface area contributed by atoms with Crippen molar-refractivity contribution in [1.82, 2.24) is 0 Å². The van der Waals surface area contributed by atoms with Gasteiger partial charge in [-0.05, 0) is 69.1 Å². The van der Waals surface area contributed by atoms with Crippen LogP contribution in [0.3, 0.4) is 0 Å². The van der Waals surface area contributed by atoms with Crippen LogP contribution in [0.4, 0.5) is 0 Å². The van der Waals surface area contributed by atoms with Gasteiger partial charge in [-0.15, -0.1) is 0 Å². The molecule has 2 heteroatoms. The van der Waals surface area contributed by atoms with E-state index in [1.54, 1.807) is 0 Å². The van der Waals surface area contributed by atoms with E-state index in [4.69, 9.17) is 4.74 Å². The molecule has 0 aromatic heterocycles. The van der Waals surface area contributed by atoms with Crippen LogP contribution in [0.15, 0.2) is 12.2 Å². The molecule has 3 saturated carbocycles. The zero-order valence-corrected chi connectivity index (χ0v) is 13.1. The Labute approximate surface area is 128 Å². The first-order valence-electron chi connectivity index (χ1n) is 9.18. The average Bonchev–Trinajstić information content (AvgIpc) is 3.25. The summed E-state index contributed by atoms with van der Waals surface area (Å²) in [6, 6.07) is 0. The van der Waals surface area contributed by atoms with Gasteiger partial charge >= 0.3 is 5.97 Å². The molecule has 116 valence electrons. The number of ether oxygens (including phenoxy) is 1. The van der Waals surface area contributed by atoms with Crippen molar-refractivity contribution in [3.8, 4) is 0 Å². The summed E-state index contributed by atoms with van der Waals surface area (Å²) >= 11 is 0. The summed E-state index contributed by atoms with van der Waals surface area (Å²) in [5.74, 6) is 2.09. The van der Waals surface area contributed by atoms with Crippen molar-refractivity contribution in [2.24, 2.45) is 23.7 Å². The number of fused-ring (bicyclic) bond motifs is 2. The highest BCUT2D eigenvalue weighted by Crippen LogP contribution is 2.48. The quantitative estimate of drug-likeness (QED) is 0.559. The Kier molecular flexibility index (Phi) is 3.59. The normalized spacial score (nSPS) is 38.0. The lowest BCUT2D eigenvalue weighted by molar-refractivity contribution is -0.177. The predicted molar refractivity (Wildman–Crippen MR) is 82.7 cm³/mol. The maximum Gasteiger partial charge on any atom is 0.310 e. The Morgan fingerprint density at radius 1 is 0.952 bits per heavy atom. The topological polar surface area (TPSA) is 26.3 Å². The lowest BCUT2D eigenvalue weighted by Crippen LogP contribution is -2.45. The van der Waals surface area contributed by atoms with Crippen molar-refractivity contribution >= 4 is 5.97 Å². The maximum absolute atomic E-state index is 12.8. The molecular formula is C19H28O2. The van der Waals surface area contributed by atoms with Crippen molar-refractivity contribution in [2.75, 3.05) is 0 Å². The van der Waals surface area contributed by atoms with Gasteiger partial charge < -0.3 is 4.74 Å². The molecule has 0 heterocycles. The van der Waals surface area contributed by atoms with Crippen LogP contribution in [0.1, 0.15) is 70.6 Å². The maximum atomic E-state index is 12.8. The minimum absolute atomic E-state index is 0.0859. The second kappa shape index (κ2) is 5.44. The Morgan fingerprint density at radius 2 is 1.71 bits per heavy atom. The molecule has 2 nitrogen and oxygen atoms in total. The number of carbonyl (C=O) groups is 1. The van der Waals surface area contributed by atoms with Gasteiger partial charge in [-0.1, -0.05) is 31.4 Å². The molecule has 4 rings (SSSR count). The van der Waals surface area contributed by atoms with Gasteiger partial charge in [0.1, 0.15) is 5.60 Å². The molecule has 3 unspecified atom stereocenters. The lowest BCUT2D eigenvalue weighted by atomic mass is 9.74. The third-order valence-electron chi connectivity index (χ3n) is 6.68. The Balaban J connectivity index is 1.48. The predicted octanol–water partition coefficient (Wildman–Crippen LogP) is 4.63. The molecular weight excluding hydrogens is 260 g/mol. The van der Waals surface area contributed by atoms with Gasteiger partial charge in [-0.3, -0.25) is 4.79 Å². The summed E-state index contributed by atoms with van der Waals surface area (Å²) in [5.41, 5.74) is -0.0859. The molecule has 0 spiro atoms. The van der Waals surface area contributed by atoms with Crippen LogP contribution in [0.2, 0.25) is 0 Å². The van der Waals surface area contributed by atoms with E-state index < -0.39 is 0 Å². The monoisotopic (exact) mass is 288 g/mol. The van der Waals surface area contributed by atoms with Crippen LogP contribution >= 0.6 is 0 Å². The van der Waals surface area contributed by atoms with Gasteiger partial charge in [0.25, 0.3) is 0 Å². The molecule has 0 N–H and O–H groups in total. The number of hydrogen-bond acceptors (Lipinski definition) is 2. The molecule has 0 aromatic rings. The minimum Gasteiger partial charge on any atom is -0.459 e.